The maximum atomic E-state index is 11.9. The van der Waals surface area contributed by atoms with Gasteiger partial charge in [-0.05, 0) is 24.8 Å². The molecule has 5 N–H and O–H groups in total. The molecule has 0 spiro atoms. The highest BCUT2D eigenvalue weighted by atomic mass is 16.5. The molecule has 114 valence electrons. The topological polar surface area (TPSA) is 107 Å². The second kappa shape index (κ2) is 7.19. The molecule has 0 aliphatic carbocycles. The molecule has 6 heteroatoms. The van der Waals surface area contributed by atoms with Crippen molar-refractivity contribution in [3.8, 4) is 0 Å². The van der Waals surface area contributed by atoms with E-state index in [4.69, 9.17) is 16.2 Å². The van der Waals surface area contributed by atoms with E-state index in [0.29, 0.717) is 25.8 Å². The highest BCUT2D eigenvalue weighted by molar-refractivity contribution is 5.82. The molecule has 1 fully saturated rings. The normalized spacial score (nSPS) is 22.7. The Balaban J connectivity index is 1.73. The van der Waals surface area contributed by atoms with Crippen molar-refractivity contribution in [2.24, 2.45) is 11.5 Å². The summed E-state index contributed by atoms with van der Waals surface area (Å²) >= 11 is 0. The molecule has 3 atom stereocenters. The first-order valence-corrected chi connectivity index (χ1v) is 7.08. The van der Waals surface area contributed by atoms with Gasteiger partial charge in [-0.15, -0.1) is 0 Å². The van der Waals surface area contributed by atoms with Crippen molar-refractivity contribution in [2.75, 3.05) is 6.54 Å². The molecular formula is C15H21N3O3. The van der Waals surface area contributed by atoms with Gasteiger partial charge in [-0.3, -0.25) is 9.59 Å². The van der Waals surface area contributed by atoms with Crippen LogP contribution in [0.25, 0.3) is 0 Å². The smallest absolute Gasteiger partial charge is 0.246 e. The van der Waals surface area contributed by atoms with Crippen LogP contribution in [0.2, 0.25) is 0 Å². The zero-order valence-electron chi connectivity index (χ0n) is 11.8. The van der Waals surface area contributed by atoms with Crippen molar-refractivity contribution in [1.29, 1.82) is 0 Å². The number of carbonyl (C=O) groups excluding carboxylic acids is 2. The molecule has 2 amide bonds. The van der Waals surface area contributed by atoms with Crippen LogP contribution in [0.3, 0.4) is 0 Å². The van der Waals surface area contributed by atoms with Crippen LogP contribution in [0.15, 0.2) is 30.3 Å². The predicted molar refractivity (Wildman–Crippen MR) is 78.2 cm³/mol. The summed E-state index contributed by atoms with van der Waals surface area (Å²) < 4.78 is 5.44. The molecule has 1 aliphatic rings. The van der Waals surface area contributed by atoms with Crippen LogP contribution in [0.1, 0.15) is 18.4 Å². The largest absolute Gasteiger partial charge is 0.367 e. The van der Waals surface area contributed by atoms with E-state index in [2.05, 4.69) is 5.32 Å². The fraction of sp³-hybridized carbons (Fsp3) is 0.467. The van der Waals surface area contributed by atoms with Crippen molar-refractivity contribution in [3.05, 3.63) is 35.9 Å². The summed E-state index contributed by atoms with van der Waals surface area (Å²) in [6, 6.07) is 9.02. The first-order valence-electron chi connectivity index (χ1n) is 7.08. The summed E-state index contributed by atoms with van der Waals surface area (Å²) in [5.41, 5.74) is 12.1. The molecule has 21 heavy (non-hydrogen) atoms. The van der Waals surface area contributed by atoms with Crippen LogP contribution >= 0.6 is 0 Å². The Morgan fingerprint density at radius 2 is 2.00 bits per heavy atom. The van der Waals surface area contributed by atoms with Crippen molar-refractivity contribution in [2.45, 2.75) is 37.5 Å². The zero-order chi connectivity index (χ0) is 15.2. The van der Waals surface area contributed by atoms with Crippen LogP contribution in [-0.2, 0) is 20.7 Å². The number of rotatable bonds is 6. The summed E-state index contributed by atoms with van der Waals surface area (Å²) in [4.78, 5) is 22.9. The predicted octanol–water partition coefficient (Wildman–Crippen LogP) is -0.294. The van der Waals surface area contributed by atoms with Crippen LogP contribution in [0.5, 0.6) is 0 Å². The highest BCUT2D eigenvalue weighted by Gasteiger charge is 2.29. The average Bonchev–Trinajstić information content (AvgIpc) is 2.95. The molecule has 6 nitrogen and oxygen atoms in total. The second-order valence-corrected chi connectivity index (χ2v) is 5.27. The van der Waals surface area contributed by atoms with Gasteiger partial charge < -0.3 is 21.5 Å². The number of ether oxygens (including phenoxy) is 1. The fourth-order valence-corrected chi connectivity index (χ4v) is 2.37. The van der Waals surface area contributed by atoms with Crippen LogP contribution < -0.4 is 16.8 Å². The zero-order valence-corrected chi connectivity index (χ0v) is 11.8. The van der Waals surface area contributed by atoms with Gasteiger partial charge in [0.25, 0.3) is 0 Å². The quantitative estimate of drug-likeness (QED) is 0.669. The average molecular weight is 291 g/mol. The Bertz CT molecular complexity index is 492. The van der Waals surface area contributed by atoms with Crippen LogP contribution in [0.4, 0.5) is 0 Å². The third kappa shape index (κ3) is 4.54. The number of benzene rings is 1. The van der Waals surface area contributed by atoms with Gasteiger partial charge in [0, 0.05) is 6.54 Å². The third-order valence-electron chi connectivity index (χ3n) is 3.56. The molecule has 0 radical (unpaired) electrons. The van der Waals surface area contributed by atoms with Gasteiger partial charge in [-0.1, -0.05) is 30.3 Å². The molecular weight excluding hydrogens is 270 g/mol. The van der Waals surface area contributed by atoms with Crippen molar-refractivity contribution in [3.63, 3.8) is 0 Å². The van der Waals surface area contributed by atoms with E-state index in [-0.39, 0.29) is 12.0 Å². The lowest BCUT2D eigenvalue weighted by Gasteiger charge is -2.15. The van der Waals surface area contributed by atoms with E-state index in [0.717, 1.165) is 5.56 Å². The molecule has 1 aromatic carbocycles. The van der Waals surface area contributed by atoms with Crippen molar-refractivity contribution >= 4 is 11.8 Å². The second-order valence-electron chi connectivity index (χ2n) is 5.27. The Kier molecular flexibility index (Phi) is 5.30. The molecule has 1 aromatic rings. The lowest BCUT2D eigenvalue weighted by atomic mass is 10.1. The van der Waals surface area contributed by atoms with Crippen LogP contribution in [0, 0.1) is 0 Å². The number of carbonyl (C=O) groups is 2. The van der Waals surface area contributed by atoms with E-state index in [9.17, 15) is 9.59 Å². The van der Waals surface area contributed by atoms with Gasteiger partial charge in [-0.2, -0.15) is 0 Å². The number of primary amides is 1. The van der Waals surface area contributed by atoms with Gasteiger partial charge in [0.1, 0.15) is 6.10 Å². The van der Waals surface area contributed by atoms with Crippen molar-refractivity contribution < 1.29 is 14.3 Å². The first-order chi connectivity index (χ1) is 10.1. The van der Waals surface area contributed by atoms with E-state index < -0.39 is 18.1 Å². The molecule has 2 rings (SSSR count). The first kappa shape index (κ1) is 15.5. The maximum Gasteiger partial charge on any atom is 0.246 e. The van der Waals surface area contributed by atoms with E-state index in [1.165, 1.54) is 0 Å². The monoisotopic (exact) mass is 291 g/mol. The highest BCUT2D eigenvalue weighted by Crippen LogP contribution is 2.18. The summed E-state index contributed by atoms with van der Waals surface area (Å²) in [6.45, 7) is 0.352. The molecule has 1 aliphatic heterocycles. The summed E-state index contributed by atoms with van der Waals surface area (Å²) in [5, 5.41) is 2.76. The Labute approximate surface area is 123 Å². The minimum absolute atomic E-state index is 0.171. The van der Waals surface area contributed by atoms with Gasteiger partial charge in [0.15, 0.2) is 0 Å². The lowest BCUT2D eigenvalue weighted by Crippen LogP contribution is -2.44. The Morgan fingerprint density at radius 1 is 1.29 bits per heavy atom. The van der Waals surface area contributed by atoms with Gasteiger partial charge in [0.2, 0.25) is 11.8 Å². The van der Waals surface area contributed by atoms with Crippen molar-refractivity contribution in [1.82, 2.24) is 5.32 Å². The number of amides is 2. The van der Waals surface area contributed by atoms with Gasteiger partial charge in [0.05, 0.1) is 12.1 Å². The molecule has 0 aromatic heterocycles. The third-order valence-corrected chi connectivity index (χ3v) is 3.56. The molecule has 1 saturated heterocycles. The van der Waals surface area contributed by atoms with E-state index >= 15 is 0 Å². The summed E-state index contributed by atoms with van der Waals surface area (Å²) in [6.07, 6.45) is 1.09. The number of nitrogens with one attached hydrogen (secondary N) is 1. The minimum atomic E-state index is -0.597. The standard InChI is InChI=1S/C15H21N3O3/c16-12(8-10-4-2-1-3-5-10)15(20)18-9-11-6-7-13(21-11)14(17)19/h1-5,11-13H,6-9,16H2,(H2,17,19)(H,18,20)/t11?,12-,13?/m0/s1. The lowest BCUT2D eigenvalue weighted by molar-refractivity contribution is -0.128. The molecule has 1 heterocycles. The van der Waals surface area contributed by atoms with E-state index in [1.807, 2.05) is 30.3 Å². The summed E-state index contributed by atoms with van der Waals surface area (Å²) in [5.74, 6) is -0.672. The molecule has 0 bridgehead atoms. The number of hydrogen-bond donors (Lipinski definition) is 3. The number of nitrogens with two attached hydrogens (primary N) is 2. The van der Waals surface area contributed by atoms with Crippen LogP contribution in [-0.4, -0.2) is 36.6 Å². The Morgan fingerprint density at radius 3 is 2.62 bits per heavy atom. The number of hydrogen-bond acceptors (Lipinski definition) is 4. The van der Waals surface area contributed by atoms with Gasteiger partial charge in [-0.25, -0.2) is 0 Å². The fourth-order valence-electron chi connectivity index (χ4n) is 2.37. The van der Waals surface area contributed by atoms with Gasteiger partial charge >= 0.3 is 0 Å². The maximum absolute atomic E-state index is 11.9. The molecule has 0 saturated carbocycles. The van der Waals surface area contributed by atoms with E-state index in [1.54, 1.807) is 0 Å². The Hall–Kier alpha value is -1.92. The summed E-state index contributed by atoms with van der Waals surface area (Å²) in [7, 11) is 0. The minimum Gasteiger partial charge on any atom is -0.367 e. The SMILES string of the molecule is NC(=O)C1CCC(CNC(=O)[C@@H](N)Cc2ccccc2)O1. The molecule has 2 unspecified atom stereocenters.